The minimum absolute atomic E-state index is 0. The number of aliphatic hydroxyl groups excluding tert-OH is 3. The predicted octanol–water partition coefficient (Wildman–Crippen LogP) is -22.7. The summed E-state index contributed by atoms with van der Waals surface area (Å²) in [6, 6.07) is 0. The van der Waals surface area contributed by atoms with Gasteiger partial charge < -0.3 is 69.8 Å². The van der Waals surface area contributed by atoms with Gasteiger partial charge in [0.1, 0.15) is 30.2 Å². The molecule has 3 heterocycles. The van der Waals surface area contributed by atoms with Crippen molar-refractivity contribution in [2.75, 3.05) is 12.3 Å². The summed E-state index contributed by atoms with van der Waals surface area (Å²) >= 11 is 0. The maximum absolute atomic E-state index is 9.95. The van der Waals surface area contributed by atoms with Gasteiger partial charge in [-0.15, -0.1) is 0 Å². The number of fused-ring (bicyclic) bond motifs is 1. The van der Waals surface area contributed by atoms with Crippen LogP contribution in [0.3, 0.4) is 0 Å². The van der Waals surface area contributed by atoms with E-state index in [1.54, 1.807) is 0 Å². The van der Waals surface area contributed by atoms with Gasteiger partial charge >= 0.3 is 201 Å². The molecule has 0 aromatic carbocycles. The molecule has 3 rings (SSSR count). The van der Waals surface area contributed by atoms with Gasteiger partial charge in [0.15, 0.2) is 17.7 Å². The molecule has 2 aromatic rings. The number of hydrogen-bond acceptors (Lipinski definition) is 11. The molecule has 0 aliphatic carbocycles. The van der Waals surface area contributed by atoms with Crippen LogP contribution in [-0.2, 0) is 18.4 Å². The molecule has 1 fully saturated rings. The number of aliphatic hydroxyl groups is 3. The Kier molecular flexibility index (Phi) is 41.1. The number of nitrogens with two attached hydrogens (primary N) is 1. The van der Waals surface area contributed by atoms with Crippen molar-refractivity contribution in [1.82, 2.24) is 19.5 Å². The number of rotatable bonds is 2. The Balaban J connectivity index is -0.0000000886. The average Bonchev–Trinajstić information content (AvgIpc) is 3.13. The Hall–Kier alpha value is 4.52. The van der Waals surface area contributed by atoms with Gasteiger partial charge in [-0.3, -0.25) is 4.57 Å². The van der Waals surface area contributed by atoms with Gasteiger partial charge in [0, 0.05) is 0 Å². The average molecular weight is 699 g/mol. The van der Waals surface area contributed by atoms with Gasteiger partial charge in [-0.25, -0.2) is 28.6 Å². The standard InChI is InChI=1S/C10H13N5O4.6Na.3H3O4P/c11-8-5-9(13-2-12-8)15(3-14-5)10-7(18)6(17)4(1-16)19-10;;;;;;;3*1-5(2,3)4/h2-4,6-7,10,16-18H,1H2,(H2,11,12,13);;;;;;;3*(H3,1,2,3,4)/q;6*+1;;;/t4-,6-,7-,10-;;;;;;;;;/m1........./s1. The van der Waals surface area contributed by atoms with Crippen LogP contribution in [0.15, 0.2) is 12.7 Å². The molecule has 2 aromatic heterocycles. The Morgan fingerprint density at radius 2 is 1.12 bits per heavy atom. The molecule has 0 spiro atoms. The van der Waals surface area contributed by atoms with E-state index in [1.165, 1.54) is 17.2 Å². The number of phosphoric acid groups is 3. The molecule has 30 heteroatoms. The van der Waals surface area contributed by atoms with Crippen LogP contribution in [0.4, 0.5) is 5.82 Å². The van der Waals surface area contributed by atoms with Crippen molar-refractivity contribution in [2.24, 2.45) is 0 Å². The molecule has 0 bridgehead atoms. The van der Waals surface area contributed by atoms with Crippen LogP contribution >= 0.6 is 23.5 Å². The van der Waals surface area contributed by atoms with Crippen molar-refractivity contribution >= 4 is 40.4 Å². The summed E-state index contributed by atoms with van der Waals surface area (Å²) in [5.41, 5.74) is 6.44. The fourth-order valence-electron chi connectivity index (χ4n) is 2.17. The summed E-state index contributed by atoms with van der Waals surface area (Å²) in [6.45, 7) is -0.390. The first-order chi connectivity index (χ1) is 15.1. The van der Waals surface area contributed by atoms with E-state index in [0.29, 0.717) is 11.2 Å². The minimum atomic E-state index is -4.64. The van der Waals surface area contributed by atoms with E-state index in [4.69, 9.17) is 73.3 Å². The van der Waals surface area contributed by atoms with E-state index in [0.717, 1.165) is 0 Å². The fraction of sp³-hybridized carbons (Fsp3) is 0.500. The molecule has 1 aliphatic heterocycles. The van der Waals surface area contributed by atoms with Gasteiger partial charge in [0.25, 0.3) is 0 Å². The zero-order valence-electron chi connectivity index (χ0n) is 22.4. The predicted molar refractivity (Wildman–Crippen MR) is 106 cm³/mol. The van der Waals surface area contributed by atoms with E-state index < -0.39 is 54.6 Å². The van der Waals surface area contributed by atoms with Crippen molar-refractivity contribution in [1.29, 1.82) is 0 Å². The third kappa shape index (κ3) is 29.9. The molecule has 4 atom stereocenters. The first-order valence-electron chi connectivity index (χ1n) is 8.03. The van der Waals surface area contributed by atoms with Crippen LogP contribution in [0.25, 0.3) is 11.2 Å². The van der Waals surface area contributed by atoms with Gasteiger partial charge in [0.2, 0.25) is 0 Å². The molecule has 0 saturated carbocycles. The van der Waals surface area contributed by atoms with Crippen LogP contribution in [0, 0.1) is 0 Å². The van der Waals surface area contributed by atoms with Crippen molar-refractivity contribution in [3.8, 4) is 0 Å². The summed E-state index contributed by atoms with van der Waals surface area (Å²) < 4.78 is 33.5. The van der Waals surface area contributed by atoms with E-state index in [9.17, 15) is 10.2 Å². The molecule has 0 radical (unpaired) electrons. The SMILES string of the molecule is Nc1ncnc2c1ncn2[C@@H]1O[C@H](CO)[C@@H](O)[C@H]1O.O=P(O)(O)O.O=P(O)(O)O.O=P(O)(O)O.[Na+].[Na+].[Na+].[Na+].[Na+].[Na+]. The number of nitrogens with zero attached hydrogens (tertiary/aromatic N) is 4. The molecule has 1 aliphatic rings. The van der Waals surface area contributed by atoms with Crippen molar-refractivity contribution in [3.63, 3.8) is 0 Å². The summed E-state index contributed by atoms with van der Waals surface area (Å²) in [6.07, 6.45) is -1.42. The van der Waals surface area contributed by atoms with Gasteiger partial charge in [-0.1, -0.05) is 0 Å². The number of hydrogen-bond donors (Lipinski definition) is 13. The second-order valence-corrected chi connectivity index (χ2v) is 8.93. The van der Waals surface area contributed by atoms with Crippen LogP contribution in [0.1, 0.15) is 6.23 Å². The Bertz CT molecular complexity index is 1000. The molecule has 40 heavy (non-hydrogen) atoms. The normalized spacial score (nSPS) is 19.2. The largest absolute Gasteiger partial charge is 1.00 e. The van der Waals surface area contributed by atoms with Crippen LogP contribution in [0.5, 0.6) is 0 Å². The quantitative estimate of drug-likeness (QED) is 0.102. The number of aromatic nitrogens is 4. The van der Waals surface area contributed by atoms with Gasteiger partial charge in [0.05, 0.1) is 12.9 Å². The molecule has 21 nitrogen and oxygen atoms in total. The van der Waals surface area contributed by atoms with E-state index >= 15 is 0 Å². The summed E-state index contributed by atoms with van der Waals surface area (Å²) in [7, 11) is -13.9. The minimum Gasteiger partial charge on any atom is -0.394 e. The van der Waals surface area contributed by atoms with Crippen LogP contribution in [0.2, 0.25) is 0 Å². The topological polar surface area (TPSA) is 373 Å². The summed E-state index contributed by atoms with van der Waals surface area (Å²) in [5.74, 6) is 0.218. The maximum atomic E-state index is 9.95. The van der Waals surface area contributed by atoms with Crippen molar-refractivity contribution in [3.05, 3.63) is 12.7 Å². The Labute approximate surface area is 358 Å². The molecular weight excluding hydrogens is 677 g/mol. The molecule has 198 valence electrons. The third-order valence-corrected chi connectivity index (χ3v) is 3.18. The van der Waals surface area contributed by atoms with Crippen LogP contribution in [-0.4, -0.2) is 104 Å². The second kappa shape index (κ2) is 27.5. The van der Waals surface area contributed by atoms with E-state index in [-0.39, 0.29) is 183 Å². The van der Waals surface area contributed by atoms with Crippen LogP contribution < -0.4 is 183 Å². The Morgan fingerprint density at radius 1 is 0.750 bits per heavy atom. The number of anilines is 1. The number of nitrogen functional groups attached to an aromatic ring is 1. The number of imidazole rings is 1. The number of ether oxygens (including phenoxy) is 1. The molecular formula is C10H22N5Na6O16P3+6. The first kappa shape index (κ1) is 59.9. The molecule has 14 N–H and O–H groups in total. The molecule has 0 unspecified atom stereocenters. The van der Waals surface area contributed by atoms with E-state index in [2.05, 4.69) is 15.0 Å². The first-order valence-corrected chi connectivity index (χ1v) is 12.7. The van der Waals surface area contributed by atoms with Crippen molar-refractivity contribution in [2.45, 2.75) is 24.5 Å². The second-order valence-electron chi connectivity index (χ2n) is 5.85. The third-order valence-electron chi connectivity index (χ3n) is 3.18. The maximum Gasteiger partial charge on any atom is 1.00 e. The Morgan fingerprint density at radius 3 is 1.45 bits per heavy atom. The summed E-state index contributed by atoms with van der Waals surface area (Å²) in [4.78, 5) is 76.6. The van der Waals surface area contributed by atoms with Gasteiger partial charge in [-0.05, 0) is 0 Å². The zero-order valence-corrected chi connectivity index (χ0v) is 37.1. The van der Waals surface area contributed by atoms with E-state index in [1.807, 2.05) is 0 Å². The fourth-order valence-corrected chi connectivity index (χ4v) is 2.17. The van der Waals surface area contributed by atoms with Gasteiger partial charge in [-0.2, -0.15) is 0 Å². The molecule has 0 amide bonds. The van der Waals surface area contributed by atoms with Crippen molar-refractivity contribution < 1.29 is 255 Å². The monoisotopic (exact) mass is 699 g/mol. The summed E-state index contributed by atoms with van der Waals surface area (Å²) in [5, 5.41) is 28.7. The smallest absolute Gasteiger partial charge is 0.394 e. The molecule has 1 saturated heterocycles. The zero-order chi connectivity index (χ0) is 27.1.